The van der Waals surface area contributed by atoms with Gasteiger partial charge < -0.3 is 14.6 Å². The molecule has 0 bridgehead atoms. The summed E-state index contributed by atoms with van der Waals surface area (Å²) in [5.74, 6) is -5.50. The van der Waals surface area contributed by atoms with E-state index in [2.05, 4.69) is 6.58 Å². The van der Waals surface area contributed by atoms with Gasteiger partial charge in [-0.1, -0.05) is 30.9 Å². The number of allylic oxidation sites excluding steroid dienone is 2. The maximum Gasteiger partial charge on any atom is 0.309 e. The van der Waals surface area contributed by atoms with E-state index in [0.717, 1.165) is 0 Å². The summed E-state index contributed by atoms with van der Waals surface area (Å²) in [4.78, 5) is 12.5. The lowest BCUT2D eigenvalue weighted by molar-refractivity contribution is -0.149. The van der Waals surface area contributed by atoms with Crippen molar-refractivity contribution in [1.29, 1.82) is 0 Å². The van der Waals surface area contributed by atoms with Crippen molar-refractivity contribution in [2.24, 2.45) is 5.92 Å². The number of carbonyl (C=O) groups is 1. The fourth-order valence-corrected chi connectivity index (χ4v) is 5.27. The normalized spacial score (nSPS) is 25.4. The Labute approximate surface area is 216 Å². The molecule has 37 heavy (non-hydrogen) atoms. The molecule has 2 fully saturated rings. The average Bonchev–Trinajstić information content (AvgIpc) is 2.91. The number of aliphatic hydroxyl groups excluding tert-OH is 1. The quantitative estimate of drug-likeness (QED) is 0.202. The van der Waals surface area contributed by atoms with Gasteiger partial charge in [0.15, 0.2) is 23.3 Å². The van der Waals surface area contributed by atoms with Gasteiger partial charge in [-0.15, -0.1) is 0 Å². The number of aliphatic hydroxyl groups is 1. The second kappa shape index (κ2) is 13.9. The largest absolute Gasteiger partial charge is 0.458 e. The number of hydrogen-bond acceptors (Lipinski definition) is 4. The second-order valence-electron chi connectivity index (χ2n) is 9.82. The second-order valence-corrected chi connectivity index (χ2v) is 9.82. The first-order valence-electron chi connectivity index (χ1n) is 13.0. The smallest absolute Gasteiger partial charge is 0.309 e. The number of carbonyl (C=O) groups excluding carboxylic acids is 1. The lowest BCUT2D eigenvalue weighted by Gasteiger charge is -2.29. The standard InChI is InChI=1S/C29H36F4O4/c1-3-5-21(16-36-4-2)26(31)25(30)17-37-29(35)20-8-6-18(7-9-20)23-14-15-24(28(33)27(23)32)19-10-12-22(34)13-11-19/h3,5,14-15,18-20,22,34H,1,4,6-13,16-17H2,2H3/b21-5-,26-25-. The van der Waals surface area contributed by atoms with Crippen LogP contribution in [0.5, 0.6) is 0 Å². The Morgan fingerprint density at radius 1 is 0.973 bits per heavy atom. The molecule has 1 N–H and O–H groups in total. The molecule has 0 unspecified atom stereocenters. The summed E-state index contributed by atoms with van der Waals surface area (Å²) >= 11 is 0. The number of halogens is 4. The molecule has 0 spiro atoms. The molecule has 1 aromatic carbocycles. The van der Waals surface area contributed by atoms with Gasteiger partial charge in [-0.25, -0.2) is 17.6 Å². The van der Waals surface area contributed by atoms with E-state index in [0.29, 0.717) is 69.1 Å². The summed E-state index contributed by atoms with van der Waals surface area (Å²) in [7, 11) is 0. The monoisotopic (exact) mass is 524 g/mol. The number of ether oxygens (including phenoxy) is 2. The van der Waals surface area contributed by atoms with Crippen LogP contribution in [0.2, 0.25) is 0 Å². The first-order chi connectivity index (χ1) is 17.8. The van der Waals surface area contributed by atoms with Crippen molar-refractivity contribution >= 4 is 5.97 Å². The van der Waals surface area contributed by atoms with Gasteiger partial charge in [-0.2, -0.15) is 0 Å². The van der Waals surface area contributed by atoms with E-state index >= 15 is 0 Å². The first-order valence-corrected chi connectivity index (χ1v) is 13.0. The molecule has 2 aliphatic rings. The molecule has 0 saturated heterocycles. The Morgan fingerprint density at radius 3 is 2.03 bits per heavy atom. The lowest BCUT2D eigenvalue weighted by atomic mass is 9.77. The van der Waals surface area contributed by atoms with Crippen LogP contribution >= 0.6 is 0 Å². The highest BCUT2D eigenvalue weighted by Gasteiger charge is 2.32. The summed E-state index contributed by atoms with van der Waals surface area (Å²) in [6.45, 7) is 4.56. The van der Waals surface area contributed by atoms with E-state index < -0.39 is 41.8 Å². The third-order valence-electron chi connectivity index (χ3n) is 7.42. The number of esters is 1. The predicted octanol–water partition coefficient (Wildman–Crippen LogP) is 7.10. The fourth-order valence-electron chi connectivity index (χ4n) is 5.27. The Morgan fingerprint density at radius 2 is 1.51 bits per heavy atom. The molecule has 3 rings (SSSR count). The van der Waals surface area contributed by atoms with Crippen molar-refractivity contribution in [1.82, 2.24) is 0 Å². The van der Waals surface area contributed by atoms with Gasteiger partial charge >= 0.3 is 5.97 Å². The zero-order valence-electron chi connectivity index (χ0n) is 21.3. The van der Waals surface area contributed by atoms with Gasteiger partial charge in [-0.3, -0.25) is 4.79 Å². The Bertz CT molecular complexity index is 1000. The van der Waals surface area contributed by atoms with Crippen LogP contribution < -0.4 is 0 Å². The zero-order chi connectivity index (χ0) is 26.9. The molecule has 0 heterocycles. The number of benzene rings is 1. The number of rotatable bonds is 10. The van der Waals surface area contributed by atoms with E-state index in [4.69, 9.17) is 9.47 Å². The molecule has 2 aliphatic carbocycles. The minimum absolute atomic E-state index is 0.0349. The van der Waals surface area contributed by atoms with Crippen molar-refractivity contribution in [2.75, 3.05) is 19.8 Å². The van der Waals surface area contributed by atoms with E-state index in [1.165, 1.54) is 12.2 Å². The van der Waals surface area contributed by atoms with Gasteiger partial charge in [-0.05, 0) is 81.3 Å². The van der Waals surface area contributed by atoms with Gasteiger partial charge in [0.1, 0.15) is 6.61 Å². The molecule has 1 aromatic rings. The maximum atomic E-state index is 15.0. The third kappa shape index (κ3) is 7.54. The highest BCUT2D eigenvalue weighted by Crippen LogP contribution is 2.40. The molecule has 0 amide bonds. The molecule has 4 nitrogen and oxygen atoms in total. The van der Waals surface area contributed by atoms with E-state index in [-0.39, 0.29) is 30.1 Å². The van der Waals surface area contributed by atoms with Gasteiger partial charge in [0.25, 0.3) is 0 Å². The zero-order valence-corrected chi connectivity index (χ0v) is 21.3. The highest BCUT2D eigenvalue weighted by atomic mass is 19.2. The first kappa shape index (κ1) is 29.1. The van der Waals surface area contributed by atoms with Crippen molar-refractivity contribution in [2.45, 2.75) is 76.2 Å². The molecule has 0 radical (unpaired) electrons. The molecular weight excluding hydrogens is 488 g/mol. The van der Waals surface area contributed by atoms with Crippen LogP contribution in [0.4, 0.5) is 17.6 Å². The van der Waals surface area contributed by atoms with Gasteiger partial charge in [0.05, 0.1) is 18.6 Å². The molecule has 8 heteroatoms. The summed E-state index contributed by atoms with van der Waals surface area (Å²) in [6.07, 6.45) is 6.33. The minimum Gasteiger partial charge on any atom is -0.458 e. The summed E-state index contributed by atoms with van der Waals surface area (Å²) in [6, 6.07) is 3.29. The van der Waals surface area contributed by atoms with Crippen molar-refractivity contribution in [3.63, 3.8) is 0 Å². The third-order valence-corrected chi connectivity index (χ3v) is 7.42. The molecule has 0 aromatic heterocycles. The van der Waals surface area contributed by atoms with Crippen LogP contribution in [-0.2, 0) is 14.3 Å². The van der Waals surface area contributed by atoms with Crippen molar-refractivity contribution in [3.8, 4) is 0 Å². The summed E-state index contributed by atoms with van der Waals surface area (Å²) in [5.41, 5.74) is 0.628. The maximum absolute atomic E-state index is 15.0. The number of hydrogen-bond donors (Lipinski definition) is 1. The topological polar surface area (TPSA) is 55.8 Å². The molecule has 2 saturated carbocycles. The molecular formula is C29H36F4O4. The van der Waals surface area contributed by atoms with Crippen molar-refractivity contribution < 1.29 is 36.9 Å². The van der Waals surface area contributed by atoms with Crippen molar-refractivity contribution in [3.05, 3.63) is 70.9 Å². The SMILES string of the molecule is C=C/C=C(COCC)\C(F)=C(\F)COC(=O)C1CCC(c2ccc(C3CCC(O)CC3)c(F)c2F)CC1. The fraction of sp³-hybridized carbons (Fsp3) is 0.552. The summed E-state index contributed by atoms with van der Waals surface area (Å²) in [5, 5.41) is 9.68. The van der Waals surface area contributed by atoms with E-state index in [1.54, 1.807) is 19.1 Å². The van der Waals surface area contributed by atoms with Crippen LogP contribution in [0.15, 0.2) is 48.1 Å². The van der Waals surface area contributed by atoms with Crippen LogP contribution in [0, 0.1) is 17.6 Å². The van der Waals surface area contributed by atoms with Crippen LogP contribution in [0.1, 0.15) is 81.3 Å². The minimum atomic E-state index is -1.21. The van der Waals surface area contributed by atoms with Crippen LogP contribution in [0.25, 0.3) is 0 Å². The molecule has 0 aliphatic heterocycles. The van der Waals surface area contributed by atoms with E-state index in [9.17, 15) is 27.5 Å². The molecule has 204 valence electrons. The van der Waals surface area contributed by atoms with Gasteiger partial charge in [0, 0.05) is 12.2 Å². The summed E-state index contributed by atoms with van der Waals surface area (Å²) < 4.78 is 68.7. The van der Waals surface area contributed by atoms with Crippen LogP contribution in [0.3, 0.4) is 0 Å². The highest BCUT2D eigenvalue weighted by molar-refractivity contribution is 5.72. The predicted molar refractivity (Wildman–Crippen MR) is 133 cm³/mol. The lowest BCUT2D eigenvalue weighted by Crippen LogP contribution is -2.24. The Balaban J connectivity index is 1.55. The van der Waals surface area contributed by atoms with E-state index in [1.807, 2.05) is 0 Å². The van der Waals surface area contributed by atoms with Crippen LogP contribution in [-0.4, -0.2) is 37.0 Å². The molecule has 0 atom stereocenters. The average molecular weight is 525 g/mol. The van der Waals surface area contributed by atoms with Gasteiger partial charge in [0.2, 0.25) is 0 Å². The Kier molecular flexibility index (Phi) is 10.9. The Hall–Kier alpha value is -2.45.